The number of alkyl halides is 8. The third-order valence-electron chi connectivity index (χ3n) is 2.24. The van der Waals surface area contributed by atoms with E-state index >= 15 is 0 Å². The molecule has 0 aliphatic rings. The predicted octanol–water partition coefficient (Wildman–Crippen LogP) is 3.78. The Kier molecular flexibility index (Phi) is 4.18. The van der Waals surface area contributed by atoms with Gasteiger partial charge in [-0.2, -0.15) is 22.0 Å². The van der Waals surface area contributed by atoms with Crippen molar-refractivity contribution >= 4 is 0 Å². The molecule has 0 saturated carbocycles. The summed E-state index contributed by atoms with van der Waals surface area (Å²) in [6.45, 7) is 0. The maximum absolute atomic E-state index is 12.9. The van der Waals surface area contributed by atoms with Gasteiger partial charge in [0, 0.05) is 0 Å². The third-order valence-corrected chi connectivity index (χ3v) is 2.24. The number of rotatable bonds is 3. The second-order valence-corrected chi connectivity index (χ2v) is 3.72. The average Bonchev–Trinajstić information content (AvgIpc) is 2.25. The molecule has 20 heavy (non-hydrogen) atoms. The molecule has 0 amide bonds. The molecule has 1 atom stereocenters. The van der Waals surface area contributed by atoms with Gasteiger partial charge in [0.05, 0.1) is 0 Å². The number of nitrogens with two attached hydrogens (primary N) is 1. The Labute approximate surface area is 107 Å². The van der Waals surface area contributed by atoms with Crippen LogP contribution in [0.2, 0.25) is 0 Å². The summed E-state index contributed by atoms with van der Waals surface area (Å²) in [5.74, 6) is -5.97. The first-order valence-electron chi connectivity index (χ1n) is 4.90. The Bertz CT molecular complexity index is 450. The van der Waals surface area contributed by atoms with Crippen LogP contribution >= 0.6 is 0 Å². The van der Waals surface area contributed by atoms with E-state index in [2.05, 4.69) is 4.74 Å². The van der Waals surface area contributed by atoms with Gasteiger partial charge in [-0.15, -0.1) is 13.2 Å². The van der Waals surface area contributed by atoms with Gasteiger partial charge in [0.25, 0.3) is 0 Å². The quantitative estimate of drug-likeness (QED) is 0.862. The van der Waals surface area contributed by atoms with E-state index in [-0.39, 0.29) is 0 Å². The van der Waals surface area contributed by atoms with Crippen molar-refractivity contribution in [1.82, 2.24) is 0 Å². The zero-order valence-corrected chi connectivity index (χ0v) is 9.40. The minimum absolute atomic E-state index is 0.592. The van der Waals surface area contributed by atoms with Crippen molar-refractivity contribution in [3.05, 3.63) is 29.8 Å². The lowest BCUT2D eigenvalue weighted by molar-refractivity contribution is -0.291. The molecular weight excluding hydrogens is 302 g/mol. The van der Waals surface area contributed by atoms with Crippen molar-refractivity contribution in [2.75, 3.05) is 0 Å². The summed E-state index contributed by atoms with van der Waals surface area (Å²) in [4.78, 5) is 0. The first kappa shape index (κ1) is 16.5. The number of halogens is 8. The highest BCUT2D eigenvalue weighted by molar-refractivity contribution is 5.30. The van der Waals surface area contributed by atoms with Crippen molar-refractivity contribution < 1.29 is 39.9 Å². The molecule has 1 aromatic carbocycles. The van der Waals surface area contributed by atoms with Gasteiger partial charge >= 0.3 is 18.5 Å². The van der Waals surface area contributed by atoms with E-state index in [0.29, 0.717) is 24.3 Å². The maximum atomic E-state index is 12.9. The van der Waals surface area contributed by atoms with E-state index in [1.54, 1.807) is 0 Å². The summed E-state index contributed by atoms with van der Waals surface area (Å²) in [5, 5.41) is 0. The van der Waals surface area contributed by atoms with Crippen molar-refractivity contribution in [2.24, 2.45) is 5.73 Å². The highest BCUT2D eigenvalue weighted by Crippen LogP contribution is 2.43. The van der Waals surface area contributed by atoms with Gasteiger partial charge in [-0.25, -0.2) is 0 Å². The molecule has 0 unspecified atom stereocenters. The molecule has 0 aromatic heterocycles. The Morgan fingerprint density at radius 1 is 0.850 bits per heavy atom. The zero-order chi connectivity index (χ0) is 15.8. The van der Waals surface area contributed by atoms with Gasteiger partial charge in [-0.05, 0) is 17.7 Å². The van der Waals surface area contributed by atoms with Crippen molar-refractivity contribution in [3.8, 4) is 5.75 Å². The van der Waals surface area contributed by atoms with Gasteiger partial charge in [0.1, 0.15) is 11.8 Å². The summed E-state index contributed by atoms with van der Waals surface area (Å²) >= 11 is 0. The molecule has 2 nitrogen and oxygen atoms in total. The van der Waals surface area contributed by atoms with Crippen LogP contribution in [0.1, 0.15) is 11.6 Å². The number of ether oxygens (including phenoxy) is 1. The van der Waals surface area contributed by atoms with Crippen LogP contribution in [0, 0.1) is 0 Å². The predicted molar refractivity (Wildman–Crippen MR) is 51.1 cm³/mol. The van der Waals surface area contributed by atoms with Crippen LogP contribution in [0.15, 0.2) is 24.3 Å². The molecule has 0 aliphatic carbocycles. The van der Waals surface area contributed by atoms with Crippen LogP contribution in [-0.2, 0) is 0 Å². The average molecular weight is 309 g/mol. The van der Waals surface area contributed by atoms with Crippen LogP contribution in [0.3, 0.4) is 0 Å². The lowest BCUT2D eigenvalue weighted by Gasteiger charge is -2.26. The summed E-state index contributed by atoms with van der Waals surface area (Å²) in [5.41, 5.74) is 4.12. The summed E-state index contributed by atoms with van der Waals surface area (Å²) in [6.07, 6.45) is -10.9. The van der Waals surface area contributed by atoms with Gasteiger partial charge in [0.2, 0.25) is 0 Å². The Morgan fingerprint density at radius 3 is 1.65 bits per heavy atom. The zero-order valence-electron chi connectivity index (χ0n) is 9.40. The molecule has 0 radical (unpaired) electrons. The minimum atomic E-state index is -5.87. The Morgan fingerprint density at radius 2 is 1.30 bits per heavy atom. The fourth-order valence-electron chi connectivity index (χ4n) is 1.26. The van der Waals surface area contributed by atoms with E-state index in [0.717, 1.165) is 0 Å². The first-order valence-corrected chi connectivity index (χ1v) is 4.90. The second-order valence-electron chi connectivity index (χ2n) is 3.72. The molecule has 0 spiro atoms. The number of benzene rings is 1. The van der Waals surface area contributed by atoms with Crippen LogP contribution in [0.25, 0.3) is 0 Å². The van der Waals surface area contributed by atoms with Crippen LogP contribution in [0.5, 0.6) is 5.75 Å². The molecule has 0 heterocycles. The summed E-state index contributed by atoms with van der Waals surface area (Å²) in [6, 6.07) is -0.344. The summed E-state index contributed by atoms with van der Waals surface area (Å²) in [7, 11) is 0. The van der Waals surface area contributed by atoms with E-state index in [9.17, 15) is 35.1 Å². The van der Waals surface area contributed by atoms with E-state index in [1.165, 1.54) is 0 Å². The maximum Gasteiger partial charge on any atom is 0.573 e. The SMILES string of the molecule is N[C@H](c1ccc(OC(F)(F)F)cc1)C(F)(F)C(F)(F)F. The molecule has 114 valence electrons. The smallest absolute Gasteiger partial charge is 0.406 e. The molecule has 0 fully saturated rings. The fourth-order valence-corrected chi connectivity index (χ4v) is 1.26. The van der Waals surface area contributed by atoms with Gasteiger partial charge in [0.15, 0.2) is 0 Å². The molecule has 1 aromatic rings. The molecule has 2 N–H and O–H groups in total. The summed E-state index contributed by atoms with van der Waals surface area (Å²) < 4.78 is 101. The highest BCUT2D eigenvalue weighted by Gasteiger charge is 2.61. The second kappa shape index (κ2) is 5.08. The minimum Gasteiger partial charge on any atom is -0.406 e. The van der Waals surface area contributed by atoms with Crippen LogP contribution in [-0.4, -0.2) is 18.5 Å². The van der Waals surface area contributed by atoms with Gasteiger partial charge in [-0.3, -0.25) is 0 Å². The lowest BCUT2D eigenvalue weighted by atomic mass is 10.0. The third kappa shape index (κ3) is 3.71. The van der Waals surface area contributed by atoms with E-state index in [4.69, 9.17) is 5.73 Å². The number of hydrogen-bond donors (Lipinski definition) is 1. The number of hydrogen-bond acceptors (Lipinski definition) is 2. The van der Waals surface area contributed by atoms with Gasteiger partial charge in [-0.1, -0.05) is 12.1 Å². The largest absolute Gasteiger partial charge is 0.573 e. The van der Waals surface area contributed by atoms with Crippen LogP contribution in [0.4, 0.5) is 35.1 Å². The topological polar surface area (TPSA) is 35.2 Å². The fraction of sp³-hybridized carbons (Fsp3) is 0.400. The molecule has 1 rings (SSSR count). The van der Waals surface area contributed by atoms with Gasteiger partial charge < -0.3 is 10.5 Å². The molecule has 0 aliphatic heterocycles. The molecule has 0 saturated heterocycles. The van der Waals surface area contributed by atoms with Crippen molar-refractivity contribution in [3.63, 3.8) is 0 Å². The lowest BCUT2D eigenvalue weighted by Crippen LogP contribution is -2.45. The molecule has 10 heteroatoms. The van der Waals surface area contributed by atoms with E-state index < -0.39 is 35.8 Å². The van der Waals surface area contributed by atoms with Crippen LogP contribution < -0.4 is 10.5 Å². The van der Waals surface area contributed by atoms with Crippen molar-refractivity contribution in [1.29, 1.82) is 0 Å². The standard InChI is InChI=1S/C10H7F8NO/c11-8(12,9(13,14)15)7(19)5-1-3-6(4-2-5)20-10(16,17)18/h1-4,7H,19H2/t7-/m1/s1. The normalized spacial score (nSPS) is 15.1. The highest BCUT2D eigenvalue weighted by atomic mass is 19.4. The Balaban J connectivity index is 2.94. The monoisotopic (exact) mass is 309 g/mol. The molecular formula is C10H7F8NO. The van der Waals surface area contributed by atoms with Crippen molar-refractivity contribution in [2.45, 2.75) is 24.5 Å². The van der Waals surface area contributed by atoms with E-state index in [1.807, 2.05) is 0 Å². The Hall–Kier alpha value is -1.58. The first-order chi connectivity index (χ1) is 8.84. The molecule has 0 bridgehead atoms.